The molecule has 9 heteroatoms. The number of hydrogen-bond acceptors (Lipinski definition) is 7. The van der Waals surface area contributed by atoms with Crippen molar-refractivity contribution in [3.05, 3.63) is 33.9 Å². The van der Waals surface area contributed by atoms with Crippen LogP contribution in [0.2, 0.25) is 0 Å². The Labute approximate surface area is 114 Å². The fourth-order valence-electron chi connectivity index (χ4n) is 1.83. The SMILES string of the molecule is NNc1ccc(C(=O)NN2CCOCC2)cc1[N+](=O)[O-]. The highest BCUT2D eigenvalue weighted by Crippen LogP contribution is 2.24. The van der Waals surface area contributed by atoms with Crippen molar-refractivity contribution in [2.45, 2.75) is 0 Å². The van der Waals surface area contributed by atoms with Crippen LogP contribution in [0, 0.1) is 10.1 Å². The Kier molecular flexibility index (Phi) is 4.45. The van der Waals surface area contributed by atoms with Gasteiger partial charge in [0.05, 0.1) is 18.1 Å². The van der Waals surface area contributed by atoms with Gasteiger partial charge in [0.1, 0.15) is 5.69 Å². The van der Waals surface area contributed by atoms with Crippen LogP contribution in [0.15, 0.2) is 18.2 Å². The van der Waals surface area contributed by atoms with E-state index in [0.29, 0.717) is 26.3 Å². The topological polar surface area (TPSA) is 123 Å². The molecule has 1 aliphatic rings. The number of benzene rings is 1. The number of nitro groups is 1. The molecule has 2 rings (SSSR count). The van der Waals surface area contributed by atoms with Crippen molar-refractivity contribution in [2.75, 3.05) is 31.7 Å². The van der Waals surface area contributed by atoms with Crippen molar-refractivity contribution in [2.24, 2.45) is 5.84 Å². The molecule has 0 spiro atoms. The summed E-state index contributed by atoms with van der Waals surface area (Å²) in [6, 6.07) is 4.05. The number of hydrogen-bond donors (Lipinski definition) is 3. The third kappa shape index (κ3) is 3.20. The van der Waals surface area contributed by atoms with Gasteiger partial charge in [0.25, 0.3) is 11.6 Å². The molecule has 1 heterocycles. The molecule has 1 aromatic rings. The third-order valence-electron chi connectivity index (χ3n) is 2.88. The molecular weight excluding hydrogens is 266 g/mol. The summed E-state index contributed by atoms with van der Waals surface area (Å²) in [5.41, 5.74) is 5.00. The number of nitro benzene ring substituents is 1. The second-order valence-corrected chi connectivity index (χ2v) is 4.17. The largest absolute Gasteiger partial charge is 0.379 e. The van der Waals surface area contributed by atoms with Gasteiger partial charge >= 0.3 is 0 Å². The van der Waals surface area contributed by atoms with E-state index in [-0.39, 0.29) is 16.9 Å². The van der Waals surface area contributed by atoms with Crippen LogP contribution in [-0.4, -0.2) is 42.1 Å². The number of nitrogen functional groups attached to an aromatic ring is 1. The molecule has 0 unspecified atom stereocenters. The maximum Gasteiger partial charge on any atom is 0.294 e. The lowest BCUT2D eigenvalue weighted by Gasteiger charge is -2.26. The molecule has 20 heavy (non-hydrogen) atoms. The van der Waals surface area contributed by atoms with Gasteiger partial charge in [-0.25, -0.2) is 5.01 Å². The smallest absolute Gasteiger partial charge is 0.294 e. The first-order valence-electron chi connectivity index (χ1n) is 6.00. The van der Waals surface area contributed by atoms with E-state index in [9.17, 15) is 14.9 Å². The Bertz CT molecular complexity index is 516. The van der Waals surface area contributed by atoms with Gasteiger partial charge in [0.15, 0.2) is 0 Å². The molecule has 0 aromatic heterocycles. The maximum atomic E-state index is 12.0. The molecule has 0 bridgehead atoms. The highest BCUT2D eigenvalue weighted by molar-refractivity contribution is 5.95. The van der Waals surface area contributed by atoms with Gasteiger partial charge in [0.2, 0.25) is 0 Å². The predicted octanol–water partition coefficient (Wildman–Crippen LogP) is -0.143. The third-order valence-corrected chi connectivity index (χ3v) is 2.88. The first-order valence-corrected chi connectivity index (χ1v) is 6.00. The van der Waals surface area contributed by atoms with Gasteiger partial charge < -0.3 is 10.2 Å². The van der Waals surface area contributed by atoms with E-state index in [1.165, 1.54) is 18.2 Å². The Morgan fingerprint density at radius 2 is 2.10 bits per heavy atom. The van der Waals surface area contributed by atoms with Crippen LogP contribution in [0.1, 0.15) is 10.4 Å². The van der Waals surface area contributed by atoms with E-state index in [1.54, 1.807) is 5.01 Å². The molecule has 1 amide bonds. The van der Waals surface area contributed by atoms with Crippen molar-refractivity contribution < 1.29 is 14.5 Å². The summed E-state index contributed by atoms with van der Waals surface area (Å²) >= 11 is 0. The van der Waals surface area contributed by atoms with Gasteiger partial charge in [-0.3, -0.25) is 26.2 Å². The van der Waals surface area contributed by atoms with Crippen LogP contribution >= 0.6 is 0 Å². The number of carbonyl (C=O) groups is 1. The van der Waals surface area contributed by atoms with Crippen molar-refractivity contribution in [3.8, 4) is 0 Å². The minimum atomic E-state index is -0.597. The van der Waals surface area contributed by atoms with Crippen molar-refractivity contribution >= 4 is 17.3 Å². The van der Waals surface area contributed by atoms with E-state index < -0.39 is 10.8 Å². The number of ether oxygens (including phenoxy) is 1. The number of amides is 1. The number of morpholine rings is 1. The summed E-state index contributed by atoms with van der Waals surface area (Å²) in [6.07, 6.45) is 0. The summed E-state index contributed by atoms with van der Waals surface area (Å²) in [6.45, 7) is 2.24. The number of nitrogens with zero attached hydrogens (tertiary/aromatic N) is 2. The van der Waals surface area contributed by atoms with Crippen molar-refractivity contribution in [1.29, 1.82) is 0 Å². The molecule has 0 aliphatic carbocycles. The van der Waals surface area contributed by atoms with Crippen LogP contribution < -0.4 is 16.7 Å². The molecule has 108 valence electrons. The zero-order chi connectivity index (χ0) is 14.5. The lowest BCUT2D eigenvalue weighted by Crippen LogP contribution is -2.48. The standard InChI is InChI=1S/C11H15N5O4/c12-13-9-2-1-8(7-10(9)16(18)19)11(17)14-15-3-5-20-6-4-15/h1-2,7,13H,3-6,12H2,(H,14,17). The molecule has 0 atom stereocenters. The van der Waals surface area contributed by atoms with E-state index in [1.807, 2.05) is 0 Å². The minimum absolute atomic E-state index is 0.151. The maximum absolute atomic E-state index is 12.0. The number of nitrogens with one attached hydrogen (secondary N) is 2. The highest BCUT2D eigenvalue weighted by atomic mass is 16.6. The Morgan fingerprint density at radius 3 is 2.70 bits per heavy atom. The number of rotatable bonds is 4. The van der Waals surface area contributed by atoms with Gasteiger partial charge in [-0.1, -0.05) is 0 Å². The number of nitrogens with two attached hydrogens (primary N) is 1. The molecule has 1 aromatic carbocycles. The summed E-state index contributed by atoms with van der Waals surface area (Å²) in [7, 11) is 0. The van der Waals surface area contributed by atoms with Crippen molar-refractivity contribution in [1.82, 2.24) is 10.4 Å². The predicted molar refractivity (Wildman–Crippen MR) is 70.8 cm³/mol. The van der Waals surface area contributed by atoms with Crippen LogP contribution in [0.25, 0.3) is 0 Å². The van der Waals surface area contributed by atoms with Crippen LogP contribution in [0.3, 0.4) is 0 Å². The number of hydrazine groups is 2. The quantitative estimate of drug-likeness (QED) is 0.398. The fourth-order valence-corrected chi connectivity index (χ4v) is 1.83. The zero-order valence-electron chi connectivity index (χ0n) is 10.7. The summed E-state index contributed by atoms with van der Waals surface area (Å²) in [5.74, 6) is 4.78. The molecule has 1 saturated heterocycles. The summed E-state index contributed by atoms with van der Waals surface area (Å²) in [5, 5.41) is 12.6. The van der Waals surface area contributed by atoms with Gasteiger partial charge in [-0.05, 0) is 12.1 Å². The van der Waals surface area contributed by atoms with Crippen LogP contribution in [-0.2, 0) is 4.74 Å². The number of anilines is 1. The molecule has 1 aliphatic heterocycles. The minimum Gasteiger partial charge on any atom is -0.379 e. The monoisotopic (exact) mass is 281 g/mol. The van der Waals surface area contributed by atoms with Gasteiger partial charge in [0, 0.05) is 24.7 Å². The van der Waals surface area contributed by atoms with Crippen molar-refractivity contribution in [3.63, 3.8) is 0 Å². The first-order chi connectivity index (χ1) is 9.61. The van der Waals surface area contributed by atoms with Gasteiger partial charge in [-0.2, -0.15) is 0 Å². The van der Waals surface area contributed by atoms with E-state index in [2.05, 4.69) is 10.9 Å². The highest BCUT2D eigenvalue weighted by Gasteiger charge is 2.19. The number of carbonyl (C=O) groups excluding carboxylic acids is 1. The average molecular weight is 281 g/mol. The normalized spacial score (nSPS) is 15.7. The fraction of sp³-hybridized carbons (Fsp3) is 0.364. The lowest BCUT2D eigenvalue weighted by atomic mass is 10.1. The molecule has 9 nitrogen and oxygen atoms in total. The average Bonchev–Trinajstić information content (AvgIpc) is 2.47. The second kappa shape index (κ2) is 6.28. The zero-order valence-corrected chi connectivity index (χ0v) is 10.7. The molecule has 4 N–H and O–H groups in total. The Morgan fingerprint density at radius 1 is 1.40 bits per heavy atom. The molecule has 1 fully saturated rings. The molecule has 0 saturated carbocycles. The molecule has 0 radical (unpaired) electrons. The summed E-state index contributed by atoms with van der Waals surface area (Å²) < 4.78 is 5.16. The molecular formula is C11H15N5O4. The Hall–Kier alpha value is -2.23. The lowest BCUT2D eigenvalue weighted by molar-refractivity contribution is -0.384. The second-order valence-electron chi connectivity index (χ2n) is 4.17. The van der Waals surface area contributed by atoms with E-state index in [4.69, 9.17) is 10.6 Å². The van der Waals surface area contributed by atoms with E-state index in [0.717, 1.165) is 0 Å². The van der Waals surface area contributed by atoms with Crippen LogP contribution in [0.4, 0.5) is 11.4 Å². The van der Waals surface area contributed by atoms with Gasteiger partial charge in [-0.15, -0.1) is 0 Å². The Balaban J connectivity index is 2.13. The van der Waals surface area contributed by atoms with E-state index >= 15 is 0 Å². The van der Waals surface area contributed by atoms with Crippen LogP contribution in [0.5, 0.6) is 0 Å². The summed E-state index contributed by atoms with van der Waals surface area (Å²) in [4.78, 5) is 22.3. The first kappa shape index (κ1) is 14.2.